The van der Waals surface area contributed by atoms with Crippen molar-refractivity contribution in [2.75, 3.05) is 6.54 Å². The first-order chi connectivity index (χ1) is 9.75. The minimum atomic E-state index is -0.152. The number of benzene rings is 1. The number of nitrogens with one attached hydrogen (secondary N) is 2. The number of hydrogen-bond donors (Lipinski definition) is 2. The lowest BCUT2D eigenvalue weighted by molar-refractivity contribution is 0.0976. The maximum Gasteiger partial charge on any atom is 0.257 e. The van der Waals surface area contributed by atoms with Gasteiger partial charge in [-0.1, -0.05) is 50.3 Å². The second kappa shape index (κ2) is 8.00. The van der Waals surface area contributed by atoms with Gasteiger partial charge in [0.15, 0.2) is 5.11 Å². The van der Waals surface area contributed by atoms with Gasteiger partial charge in [0.2, 0.25) is 0 Å². The lowest BCUT2D eigenvalue weighted by Crippen LogP contribution is -2.40. The predicted octanol–water partition coefficient (Wildman–Crippen LogP) is 3.26. The first-order valence-electron chi connectivity index (χ1n) is 7.40. The lowest BCUT2D eigenvalue weighted by atomic mass is 9.87. The van der Waals surface area contributed by atoms with Gasteiger partial charge in [0.1, 0.15) is 0 Å². The molecule has 0 spiro atoms. The maximum absolute atomic E-state index is 11.9. The minimum absolute atomic E-state index is 0.152. The Morgan fingerprint density at radius 3 is 2.55 bits per heavy atom. The maximum atomic E-state index is 11.9. The molecule has 1 aliphatic rings. The van der Waals surface area contributed by atoms with Crippen LogP contribution in [0.3, 0.4) is 0 Å². The molecule has 1 aromatic rings. The topological polar surface area (TPSA) is 41.1 Å². The van der Waals surface area contributed by atoms with Crippen LogP contribution in [0.2, 0.25) is 0 Å². The van der Waals surface area contributed by atoms with E-state index in [2.05, 4.69) is 10.6 Å². The zero-order valence-electron chi connectivity index (χ0n) is 11.7. The van der Waals surface area contributed by atoms with E-state index in [1.165, 1.54) is 32.1 Å². The average molecular weight is 290 g/mol. The summed E-state index contributed by atoms with van der Waals surface area (Å²) in [5.41, 5.74) is 0.629. The number of amides is 1. The molecule has 0 aromatic heterocycles. The van der Waals surface area contributed by atoms with E-state index in [-0.39, 0.29) is 5.91 Å². The van der Waals surface area contributed by atoms with Crippen LogP contribution in [0, 0.1) is 5.92 Å². The van der Waals surface area contributed by atoms with Crippen molar-refractivity contribution in [1.29, 1.82) is 0 Å². The number of thiocarbonyl (C=S) groups is 1. The monoisotopic (exact) mass is 290 g/mol. The molecule has 20 heavy (non-hydrogen) atoms. The molecule has 4 heteroatoms. The molecule has 1 fully saturated rings. The fourth-order valence-electron chi connectivity index (χ4n) is 2.67. The lowest BCUT2D eigenvalue weighted by Gasteiger charge is -2.21. The molecule has 2 rings (SSSR count). The molecule has 1 saturated carbocycles. The first-order valence-corrected chi connectivity index (χ1v) is 7.81. The molecule has 1 aromatic carbocycles. The fraction of sp³-hybridized carbons (Fsp3) is 0.500. The Hall–Kier alpha value is -1.42. The number of rotatable bonds is 4. The highest BCUT2D eigenvalue weighted by Crippen LogP contribution is 2.25. The second-order valence-corrected chi connectivity index (χ2v) is 5.78. The molecule has 108 valence electrons. The Labute approximate surface area is 126 Å². The van der Waals surface area contributed by atoms with Crippen molar-refractivity contribution in [1.82, 2.24) is 10.6 Å². The van der Waals surface area contributed by atoms with Crippen LogP contribution in [0.15, 0.2) is 30.3 Å². The summed E-state index contributed by atoms with van der Waals surface area (Å²) >= 11 is 5.15. The van der Waals surface area contributed by atoms with E-state index in [1.54, 1.807) is 12.1 Å². The number of carbonyl (C=O) groups excluding carboxylic acids is 1. The van der Waals surface area contributed by atoms with E-state index < -0.39 is 0 Å². The molecule has 0 atom stereocenters. The predicted molar refractivity (Wildman–Crippen MR) is 85.7 cm³/mol. The first kappa shape index (κ1) is 15.0. The fourth-order valence-corrected chi connectivity index (χ4v) is 2.87. The Bertz CT molecular complexity index is 441. The molecule has 0 aliphatic heterocycles. The van der Waals surface area contributed by atoms with Crippen molar-refractivity contribution in [3.63, 3.8) is 0 Å². The minimum Gasteiger partial charge on any atom is -0.362 e. The van der Waals surface area contributed by atoms with Gasteiger partial charge in [0.25, 0.3) is 5.91 Å². The Morgan fingerprint density at radius 2 is 1.85 bits per heavy atom. The SMILES string of the molecule is O=C(NC(=S)NCCC1CCCCC1)c1ccccc1. The van der Waals surface area contributed by atoms with E-state index in [1.807, 2.05) is 18.2 Å². The highest BCUT2D eigenvalue weighted by molar-refractivity contribution is 7.80. The summed E-state index contributed by atoms with van der Waals surface area (Å²) in [7, 11) is 0. The molecule has 0 unspecified atom stereocenters. The zero-order valence-corrected chi connectivity index (χ0v) is 12.5. The van der Waals surface area contributed by atoms with Crippen molar-refractivity contribution in [2.24, 2.45) is 5.92 Å². The van der Waals surface area contributed by atoms with Gasteiger partial charge < -0.3 is 5.32 Å². The van der Waals surface area contributed by atoms with Crippen molar-refractivity contribution in [3.8, 4) is 0 Å². The van der Waals surface area contributed by atoms with Crippen LogP contribution in [0.25, 0.3) is 0 Å². The van der Waals surface area contributed by atoms with Gasteiger partial charge in [-0.15, -0.1) is 0 Å². The van der Waals surface area contributed by atoms with Crippen molar-refractivity contribution in [2.45, 2.75) is 38.5 Å². The van der Waals surface area contributed by atoms with Crippen LogP contribution in [-0.4, -0.2) is 17.6 Å². The summed E-state index contributed by atoms with van der Waals surface area (Å²) in [6.07, 6.45) is 7.92. The van der Waals surface area contributed by atoms with Gasteiger partial charge in [-0.2, -0.15) is 0 Å². The highest BCUT2D eigenvalue weighted by atomic mass is 32.1. The molecule has 2 N–H and O–H groups in total. The summed E-state index contributed by atoms with van der Waals surface area (Å²) in [6, 6.07) is 9.13. The molecule has 0 bridgehead atoms. The third-order valence-corrected chi connectivity index (χ3v) is 4.07. The molecule has 0 radical (unpaired) electrons. The second-order valence-electron chi connectivity index (χ2n) is 5.37. The molecule has 3 nitrogen and oxygen atoms in total. The van der Waals surface area contributed by atoms with Gasteiger partial charge in [0.05, 0.1) is 0 Å². The van der Waals surface area contributed by atoms with Gasteiger partial charge in [0, 0.05) is 12.1 Å². The molecular weight excluding hydrogens is 268 g/mol. The summed E-state index contributed by atoms with van der Waals surface area (Å²) in [5.74, 6) is 0.671. The van der Waals surface area contributed by atoms with E-state index in [0.29, 0.717) is 10.7 Å². The molecule has 1 amide bonds. The standard InChI is InChI=1S/C16H22N2OS/c19-15(14-9-5-2-6-10-14)18-16(20)17-12-11-13-7-3-1-4-8-13/h2,5-6,9-10,13H,1,3-4,7-8,11-12H2,(H2,17,18,19,20). The van der Waals surface area contributed by atoms with Gasteiger partial charge >= 0.3 is 0 Å². The Morgan fingerprint density at radius 1 is 1.15 bits per heavy atom. The van der Waals surface area contributed by atoms with E-state index in [9.17, 15) is 4.79 Å². The van der Waals surface area contributed by atoms with Crippen LogP contribution < -0.4 is 10.6 Å². The summed E-state index contributed by atoms with van der Waals surface area (Å²) in [4.78, 5) is 11.9. The Balaban J connectivity index is 1.66. The Kier molecular flexibility index (Phi) is 5.99. The van der Waals surface area contributed by atoms with Crippen LogP contribution in [-0.2, 0) is 0 Å². The van der Waals surface area contributed by atoms with Gasteiger partial charge in [-0.3, -0.25) is 10.1 Å². The van der Waals surface area contributed by atoms with Crippen LogP contribution >= 0.6 is 12.2 Å². The van der Waals surface area contributed by atoms with Crippen molar-refractivity contribution >= 4 is 23.2 Å². The smallest absolute Gasteiger partial charge is 0.257 e. The van der Waals surface area contributed by atoms with Crippen molar-refractivity contribution < 1.29 is 4.79 Å². The van der Waals surface area contributed by atoms with Gasteiger partial charge in [-0.05, 0) is 36.7 Å². The van der Waals surface area contributed by atoms with Crippen LogP contribution in [0.5, 0.6) is 0 Å². The van der Waals surface area contributed by atoms with E-state index in [0.717, 1.165) is 18.9 Å². The van der Waals surface area contributed by atoms with Crippen LogP contribution in [0.1, 0.15) is 48.9 Å². The highest BCUT2D eigenvalue weighted by Gasteiger charge is 2.13. The number of carbonyl (C=O) groups is 1. The van der Waals surface area contributed by atoms with Crippen LogP contribution in [0.4, 0.5) is 0 Å². The molecule has 0 saturated heterocycles. The van der Waals surface area contributed by atoms with E-state index >= 15 is 0 Å². The summed E-state index contributed by atoms with van der Waals surface area (Å²) < 4.78 is 0. The molecular formula is C16H22N2OS. The van der Waals surface area contributed by atoms with E-state index in [4.69, 9.17) is 12.2 Å². The molecule has 0 heterocycles. The normalized spacial score (nSPS) is 15.6. The summed E-state index contributed by atoms with van der Waals surface area (Å²) in [6.45, 7) is 0.846. The molecule has 1 aliphatic carbocycles. The summed E-state index contributed by atoms with van der Waals surface area (Å²) in [5, 5.41) is 6.27. The third kappa shape index (κ3) is 4.93. The zero-order chi connectivity index (χ0) is 14.2. The van der Waals surface area contributed by atoms with Crippen molar-refractivity contribution in [3.05, 3.63) is 35.9 Å². The number of hydrogen-bond acceptors (Lipinski definition) is 2. The average Bonchev–Trinajstić information content (AvgIpc) is 2.49. The quantitative estimate of drug-likeness (QED) is 0.836. The van der Waals surface area contributed by atoms with Gasteiger partial charge in [-0.25, -0.2) is 0 Å². The third-order valence-electron chi connectivity index (χ3n) is 3.83. The largest absolute Gasteiger partial charge is 0.362 e.